The first kappa shape index (κ1) is 20.2. The average Bonchev–Trinajstić information content (AvgIpc) is 3.18. The maximum Gasteiger partial charge on any atom is 0.317 e. The zero-order chi connectivity index (χ0) is 20.3. The topological polar surface area (TPSA) is 94.7 Å². The molecule has 2 N–H and O–H groups in total. The molecule has 3 heterocycles. The minimum atomic E-state index is -3.35. The van der Waals surface area contributed by atoms with E-state index in [2.05, 4.69) is 28.5 Å². The molecular formula is C20H28N4O4S. The second-order valence-electron chi connectivity index (χ2n) is 7.63. The summed E-state index contributed by atoms with van der Waals surface area (Å²) in [6.07, 6.45) is 1.79. The number of aromatic nitrogens is 1. The van der Waals surface area contributed by atoms with Gasteiger partial charge in [-0.3, -0.25) is 0 Å². The lowest BCUT2D eigenvalue weighted by molar-refractivity contribution is 0.0730. The summed E-state index contributed by atoms with van der Waals surface area (Å²) in [5.41, 5.74) is 2.37. The average molecular weight is 421 g/mol. The number of urea groups is 1. The number of carbonyl (C=O) groups excluding carboxylic acids is 1. The largest absolute Gasteiger partial charge is 0.379 e. The summed E-state index contributed by atoms with van der Waals surface area (Å²) in [7, 11) is -3.35. The number of nitrogens with one attached hydrogen (secondary N) is 2. The summed E-state index contributed by atoms with van der Waals surface area (Å²) in [5, 5.41) is 3.98. The van der Waals surface area contributed by atoms with E-state index in [1.807, 2.05) is 12.1 Å². The lowest BCUT2D eigenvalue weighted by atomic mass is 9.94. The van der Waals surface area contributed by atoms with Gasteiger partial charge in [0.05, 0.1) is 19.0 Å². The van der Waals surface area contributed by atoms with Crippen LogP contribution in [0.15, 0.2) is 30.3 Å². The second kappa shape index (κ2) is 8.73. The summed E-state index contributed by atoms with van der Waals surface area (Å²) in [5.74, 6) is 0.331. The summed E-state index contributed by atoms with van der Waals surface area (Å²) < 4.78 is 31.3. The Balaban J connectivity index is 1.23. The molecule has 0 bridgehead atoms. The number of morpholine rings is 1. The van der Waals surface area contributed by atoms with Gasteiger partial charge in [0.15, 0.2) is 0 Å². The van der Waals surface area contributed by atoms with Crippen LogP contribution in [-0.2, 0) is 14.8 Å². The number of hydrogen-bond donors (Lipinski definition) is 2. The summed E-state index contributed by atoms with van der Waals surface area (Å²) in [6.45, 7) is 3.09. The number of ether oxygens (including phenoxy) is 1. The number of amides is 2. The van der Waals surface area contributed by atoms with Gasteiger partial charge in [0.1, 0.15) is 0 Å². The smallest absolute Gasteiger partial charge is 0.317 e. The van der Waals surface area contributed by atoms with Gasteiger partial charge in [0, 0.05) is 49.9 Å². The molecular weight excluding hydrogens is 392 g/mol. The van der Waals surface area contributed by atoms with E-state index in [9.17, 15) is 13.2 Å². The maximum absolute atomic E-state index is 12.4. The van der Waals surface area contributed by atoms with Crippen molar-refractivity contribution in [2.75, 3.05) is 51.7 Å². The van der Waals surface area contributed by atoms with Gasteiger partial charge in [-0.05, 0) is 30.4 Å². The molecule has 1 aromatic carbocycles. The highest BCUT2D eigenvalue weighted by Gasteiger charge is 2.26. The fourth-order valence-corrected chi connectivity index (χ4v) is 5.39. The van der Waals surface area contributed by atoms with E-state index in [4.69, 9.17) is 4.74 Å². The molecule has 158 valence electrons. The van der Waals surface area contributed by atoms with Gasteiger partial charge >= 0.3 is 6.03 Å². The number of nitrogens with zero attached hydrogens (tertiary/aromatic N) is 2. The lowest BCUT2D eigenvalue weighted by Crippen LogP contribution is -2.47. The minimum Gasteiger partial charge on any atom is -0.379 e. The van der Waals surface area contributed by atoms with Crippen LogP contribution < -0.4 is 5.32 Å². The minimum absolute atomic E-state index is 0.0791. The molecule has 0 atom stereocenters. The molecule has 2 fully saturated rings. The van der Waals surface area contributed by atoms with Gasteiger partial charge in [0.2, 0.25) is 10.0 Å². The van der Waals surface area contributed by atoms with Crippen molar-refractivity contribution in [3.8, 4) is 0 Å². The second-order valence-corrected chi connectivity index (χ2v) is 9.72. The van der Waals surface area contributed by atoms with Crippen molar-refractivity contribution in [3.05, 3.63) is 36.0 Å². The van der Waals surface area contributed by atoms with Crippen molar-refractivity contribution >= 4 is 27.0 Å². The van der Waals surface area contributed by atoms with Crippen LogP contribution in [0.2, 0.25) is 0 Å². The zero-order valence-electron chi connectivity index (χ0n) is 16.5. The van der Waals surface area contributed by atoms with Gasteiger partial charge in [-0.2, -0.15) is 4.31 Å². The number of para-hydroxylation sites is 1. The summed E-state index contributed by atoms with van der Waals surface area (Å²) >= 11 is 0. The highest BCUT2D eigenvalue weighted by atomic mass is 32.2. The van der Waals surface area contributed by atoms with Crippen molar-refractivity contribution < 1.29 is 17.9 Å². The van der Waals surface area contributed by atoms with Crippen LogP contribution in [0.25, 0.3) is 10.9 Å². The van der Waals surface area contributed by atoms with Crippen LogP contribution in [0.1, 0.15) is 24.5 Å². The number of fused-ring (bicyclic) bond motifs is 1. The van der Waals surface area contributed by atoms with Crippen LogP contribution in [0.5, 0.6) is 0 Å². The molecule has 2 saturated heterocycles. The van der Waals surface area contributed by atoms with E-state index in [1.165, 1.54) is 15.4 Å². The summed E-state index contributed by atoms with van der Waals surface area (Å²) in [6, 6.07) is 10.2. The van der Waals surface area contributed by atoms with Gasteiger partial charge in [-0.15, -0.1) is 0 Å². The normalized spacial score (nSPS) is 19.5. The Bertz CT molecular complexity index is 911. The molecule has 29 heavy (non-hydrogen) atoms. The van der Waals surface area contributed by atoms with E-state index in [0.717, 1.165) is 18.4 Å². The van der Waals surface area contributed by atoms with Gasteiger partial charge < -0.3 is 19.9 Å². The molecule has 0 saturated carbocycles. The molecule has 9 heteroatoms. The number of hydrogen-bond acceptors (Lipinski definition) is 4. The van der Waals surface area contributed by atoms with E-state index < -0.39 is 10.0 Å². The Morgan fingerprint density at radius 3 is 2.59 bits per heavy atom. The maximum atomic E-state index is 12.4. The van der Waals surface area contributed by atoms with Crippen molar-refractivity contribution in [1.29, 1.82) is 0 Å². The molecule has 0 unspecified atom stereocenters. The SMILES string of the molecule is O=C(NCCS(=O)(=O)N1CCOCC1)N1CCC(c2cc3ccccc3[nH]2)CC1. The third-order valence-electron chi connectivity index (χ3n) is 5.77. The van der Waals surface area contributed by atoms with Gasteiger partial charge in [-0.1, -0.05) is 18.2 Å². The highest BCUT2D eigenvalue weighted by Crippen LogP contribution is 2.29. The Hall–Kier alpha value is -2.10. The van der Waals surface area contributed by atoms with Crippen molar-refractivity contribution in [1.82, 2.24) is 19.5 Å². The lowest BCUT2D eigenvalue weighted by Gasteiger charge is -2.32. The number of carbonyl (C=O) groups is 1. The van der Waals surface area contributed by atoms with Crippen LogP contribution in [-0.4, -0.2) is 80.3 Å². The first-order chi connectivity index (χ1) is 14.0. The fraction of sp³-hybridized carbons (Fsp3) is 0.550. The number of piperidine rings is 1. The predicted octanol–water partition coefficient (Wildman–Crippen LogP) is 1.72. The third kappa shape index (κ3) is 4.73. The summed E-state index contributed by atoms with van der Waals surface area (Å²) in [4.78, 5) is 17.7. The van der Waals surface area contributed by atoms with Crippen LogP contribution >= 0.6 is 0 Å². The first-order valence-corrected chi connectivity index (χ1v) is 11.8. The zero-order valence-corrected chi connectivity index (χ0v) is 17.3. The van der Waals surface area contributed by atoms with E-state index in [0.29, 0.717) is 45.3 Å². The number of H-pyrrole nitrogens is 1. The Labute approximate surface area is 171 Å². The van der Waals surface area contributed by atoms with Crippen LogP contribution in [0, 0.1) is 0 Å². The van der Waals surface area contributed by atoms with Crippen LogP contribution in [0.4, 0.5) is 4.79 Å². The Kier molecular flexibility index (Phi) is 6.07. The van der Waals surface area contributed by atoms with Gasteiger partial charge in [0.25, 0.3) is 0 Å². The highest BCUT2D eigenvalue weighted by molar-refractivity contribution is 7.89. The molecule has 2 aliphatic heterocycles. The number of likely N-dealkylation sites (tertiary alicyclic amines) is 1. The third-order valence-corrected chi connectivity index (χ3v) is 7.64. The molecule has 4 rings (SSSR count). The van der Waals surface area contributed by atoms with E-state index in [-0.39, 0.29) is 18.3 Å². The Morgan fingerprint density at radius 2 is 1.86 bits per heavy atom. The monoisotopic (exact) mass is 420 g/mol. The molecule has 2 amide bonds. The molecule has 2 aromatic rings. The van der Waals surface area contributed by atoms with E-state index >= 15 is 0 Å². The molecule has 0 spiro atoms. The van der Waals surface area contributed by atoms with Crippen LogP contribution in [0.3, 0.4) is 0 Å². The fourth-order valence-electron chi connectivity index (χ4n) is 4.06. The van der Waals surface area contributed by atoms with Crippen molar-refractivity contribution in [2.45, 2.75) is 18.8 Å². The number of rotatable bonds is 5. The van der Waals surface area contributed by atoms with E-state index in [1.54, 1.807) is 4.90 Å². The number of benzene rings is 1. The Morgan fingerprint density at radius 1 is 1.14 bits per heavy atom. The molecule has 1 aromatic heterocycles. The van der Waals surface area contributed by atoms with Gasteiger partial charge in [-0.25, -0.2) is 13.2 Å². The quantitative estimate of drug-likeness (QED) is 0.770. The first-order valence-electron chi connectivity index (χ1n) is 10.2. The molecule has 2 aliphatic rings. The van der Waals surface area contributed by atoms with Crippen molar-refractivity contribution in [2.24, 2.45) is 0 Å². The standard InChI is InChI=1S/C20H28N4O4S/c25-20(21-7-14-29(26,27)24-10-12-28-13-11-24)23-8-5-16(6-9-23)19-15-17-3-1-2-4-18(17)22-19/h1-4,15-16,22H,5-14H2,(H,21,25). The molecule has 0 aliphatic carbocycles. The number of aromatic amines is 1. The van der Waals surface area contributed by atoms with Crippen molar-refractivity contribution in [3.63, 3.8) is 0 Å². The molecule has 0 radical (unpaired) electrons. The number of sulfonamides is 1. The molecule has 8 nitrogen and oxygen atoms in total. The predicted molar refractivity (Wildman–Crippen MR) is 111 cm³/mol.